The van der Waals surface area contributed by atoms with Crippen molar-refractivity contribution in [3.05, 3.63) is 35.0 Å². The molecule has 0 saturated carbocycles. The minimum absolute atomic E-state index is 0.364. The van der Waals surface area contributed by atoms with Gasteiger partial charge in [0.1, 0.15) is 4.21 Å². The molecule has 0 aliphatic heterocycles. The molecule has 0 saturated heterocycles. The van der Waals surface area contributed by atoms with Gasteiger partial charge in [0.05, 0.1) is 17.1 Å². The molecule has 0 unspecified atom stereocenters. The third-order valence-electron chi connectivity index (χ3n) is 3.00. The summed E-state index contributed by atoms with van der Waals surface area (Å²) in [5, 5.41) is 12.9. The highest BCUT2D eigenvalue weighted by molar-refractivity contribution is 7.91. The lowest BCUT2D eigenvalue weighted by molar-refractivity contribution is 0.482. The summed E-state index contributed by atoms with van der Waals surface area (Å²) in [6.07, 6.45) is 0. The fourth-order valence-electron chi connectivity index (χ4n) is 1.76. The third kappa shape index (κ3) is 3.78. The molecule has 0 atom stereocenters. The predicted octanol–water partition coefficient (Wildman–Crippen LogP) is 1.89. The Morgan fingerprint density at radius 2 is 2.10 bits per heavy atom. The Balaban J connectivity index is 1.96. The van der Waals surface area contributed by atoms with Crippen LogP contribution in [0.2, 0.25) is 0 Å². The average Bonchev–Trinajstić information content (AvgIpc) is 2.97. The highest BCUT2D eigenvalue weighted by Gasteiger charge is 2.21. The summed E-state index contributed by atoms with van der Waals surface area (Å²) in [7, 11) is -1.80. The van der Waals surface area contributed by atoms with Crippen LogP contribution in [0.25, 0.3) is 0 Å². The van der Waals surface area contributed by atoms with Crippen LogP contribution in [0.3, 0.4) is 0 Å². The van der Waals surface area contributed by atoms with Crippen molar-refractivity contribution in [3.8, 4) is 0 Å². The number of nitrogens with zero attached hydrogens (tertiary/aromatic N) is 3. The van der Waals surface area contributed by atoms with Crippen molar-refractivity contribution >= 4 is 27.0 Å². The van der Waals surface area contributed by atoms with Crippen LogP contribution in [-0.4, -0.2) is 43.1 Å². The second-order valence-electron chi connectivity index (χ2n) is 4.67. The second kappa shape index (κ2) is 6.50. The number of sulfonamides is 1. The average molecular weight is 326 g/mol. The van der Waals surface area contributed by atoms with E-state index in [1.54, 1.807) is 24.6 Å². The molecule has 1 N–H and O–H groups in total. The molecule has 2 heterocycles. The van der Waals surface area contributed by atoms with Crippen molar-refractivity contribution < 1.29 is 8.42 Å². The molecule has 0 bridgehead atoms. The Hall–Kier alpha value is -1.51. The zero-order valence-electron chi connectivity index (χ0n) is 12.2. The molecule has 21 heavy (non-hydrogen) atoms. The predicted molar refractivity (Wildman–Crippen MR) is 84.1 cm³/mol. The van der Waals surface area contributed by atoms with Gasteiger partial charge in [-0.05, 0) is 31.4 Å². The molecule has 0 amide bonds. The first-order valence-electron chi connectivity index (χ1n) is 6.46. The minimum atomic E-state index is -3.38. The van der Waals surface area contributed by atoms with E-state index in [2.05, 4.69) is 15.5 Å². The van der Waals surface area contributed by atoms with Crippen molar-refractivity contribution in [2.75, 3.05) is 25.5 Å². The summed E-state index contributed by atoms with van der Waals surface area (Å²) >= 11 is 1.22. The van der Waals surface area contributed by atoms with E-state index >= 15 is 0 Å². The van der Waals surface area contributed by atoms with Gasteiger partial charge in [-0.15, -0.1) is 11.3 Å². The Kier molecular flexibility index (Phi) is 4.92. The smallest absolute Gasteiger partial charge is 0.252 e. The van der Waals surface area contributed by atoms with Gasteiger partial charge < -0.3 is 5.32 Å². The van der Waals surface area contributed by atoms with Crippen LogP contribution in [0, 0.1) is 13.8 Å². The molecule has 0 fully saturated rings. The van der Waals surface area contributed by atoms with Crippen LogP contribution in [0.5, 0.6) is 0 Å². The van der Waals surface area contributed by atoms with Gasteiger partial charge in [0, 0.05) is 20.1 Å². The van der Waals surface area contributed by atoms with E-state index in [9.17, 15) is 8.42 Å². The molecular formula is C13H18N4O2S2. The van der Waals surface area contributed by atoms with Crippen molar-refractivity contribution in [3.63, 3.8) is 0 Å². The maximum absolute atomic E-state index is 12.2. The molecule has 6 nitrogen and oxygen atoms in total. The van der Waals surface area contributed by atoms with Gasteiger partial charge in [0.15, 0.2) is 0 Å². The Labute approximate surface area is 128 Å². The number of aromatic nitrogens is 2. The van der Waals surface area contributed by atoms with Gasteiger partial charge >= 0.3 is 0 Å². The molecule has 2 aromatic rings. The zero-order chi connectivity index (χ0) is 15.5. The van der Waals surface area contributed by atoms with E-state index < -0.39 is 10.0 Å². The van der Waals surface area contributed by atoms with Crippen LogP contribution in [0.1, 0.15) is 11.4 Å². The van der Waals surface area contributed by atoms with Crippen LogP contribution in [-0.2, 0) is 10.0 Å². The van der Waals surface area contributed by atoms with E-state index in [1.165, 1.54) is 15.6 Å². The largest absolute Gasteiger partial charge is 0.382 e. The van der Waals surface area contributed by atoms with Crippen LogP contribution >= 0.6 is 11.3 Å². The van der Waals surface area contributed by atoms with Crippen molar-refractivity contribution in [2.45, 2.75) is 18.1 Å². The van der Waals surface area contributed by atoms with Gasteiger partial charge in [0.2, 0.25) is 0 Å². The molecular weight excluding hydrogens is 308 g/mol. The van der Waals surface area contributed by atoms with E-state index in [-0.39, 0.29) is 0 Å². The first-order valence-corrected chi connectivity index (χ1v) is 8.78. The highest BCUT2D eigenvalue weighted by atomic mass is 32.2. The van der Waals surface area contributed by atoms with E-state index in [4.69, 9.17) is 0 Å². The summed E-state index contributed by atoms with van der Waals surface area (Å²) in [5.41, 5.74) is 2.50. The summed E-state index contributed by atoms with van der Waals surface area (Å²) < 4.78 is 26.2. The molecule has 2 rings (SSSR count). The molecule has 8 heteroatoms. The van der Waals surface area contributed by atoms with Crippen molar-refractivity contribution in [1.82, 2.24) is 14.5 Å². The number of nitrogens with one attached hydrogen (secondary N) is 1. The number of anilines is 1. The fourth-order valence-corrected chi connectivity index (χ4v) is 4.13. The number of rotatable bonds is 6. The van der Waals surface area contributed by atoms with Gasteiger partial charge in [0.25, 0.3) is 10.0 Å². The van der Waals surface area contributed by atoms with Crippen LogP contribution in [0.4, 0.5) is 5.69 Å². The second-order valence-corrected chi connectivity index (χ2v) is 7.89. The quantitative estimate of drug-likeness (QED) is 0.877. The lowest BCUT2D eigenvalue weighted by Crippen LogP contribution is -2.31. The number of hydrogen-bond donors (Lipinski definition) is 1. The summed E-state index contributed by atoms with van der Waals surface area (Å²) in [6.45, 7) is 4.61. The maximum Gasteiger partial charge on any atom is 0.252 e. The normalized spacial score (nSPS) is 11.8. The first kappa shape index (κ1) is 15.9. The van der Waals surface area contributed by atoms with Gasteiger partial charge in [-0.1, -0.05) is 6.07 Å². The maximum atomic E-state index is 12.2. The summed E-state index contributed by atoms with van der Waals surface area (Å²) in [6, 6.07) is 5.25. The topological polar surface area (TPSA) is 75.2 Å². The van der Waals surface area contributed by atoms with Gasteiger partial charge in [-0.2, -0.15) is 14.5 Å². The van der Waals surface area contributed by atoms with Crippen LogP contribution < -0.4 is 5.32 Å². The lowest BCUT2D eigenvalue weighted by atomic mass is 10.3. The summed E-state index contributed by atoms with van der Waals surface area (Å²) in [5.74, 6) is 0. The molecule has 0 aliphatic rings. The number of hydrogen-bond acceptors (Lipinski definition) is 6. The third-order valence-corrected chi connectivity index (χ3v) is 6.23. The monoisotopic (exact) mass is 326 g/mol. The molecule has 0 spiro atoms. The molecule has 114 valence electrons. The molecule has 0 radical (unpaired) electrons. The zero-order valence-corrected chi connectivity index (χ0v) is 13.8. The number of likely N-dealkylation sites (N-methyl/N-ethyl adjacent to an activating group) is 1. The fraction of sp³-hybridized carbons (Fsp3) is 0.385. The van der Waals surface area contributed by atoms with Crippen molar-refractivity contribution in [1.29, 1.82) is 0 Å². The SMILES string of the molecule is Cc1cc(NCCN(C)S(=O)(=O)c2cccs2)c(C)nn1. The molecule has 0 aromatic carbocycles. The highest BCUT2D eigenvalue weighted by Crippen LogP contribution is 2.19. The molecule has 0 aliphatic carbocycles. The first-order chi connectivity index (χ1) is 9.91. The van der Waals surface area contributed by atoms with E-state index in [0.717, 1.165) is 17.1 Å². The standard InChI is InChI=1S/C13H18N4O2S2/c1-10-9-12(11(2)16-15-10)14-6-7-17(3)21(18,19)13-5-4-8-20-13/h4-5,8-9H,6-7H2,1-3H3,(H,14,15). The van der Waals surface area contributed by atoms with E-state index in [1.807, 2.05) is 19.9 Å². The Bertz CT molecular complexity index is 699. The van der Waals surface area contributed by atoms with Crippen molar-refractivity contribution in [2.24, 2.45) is 0 Å². The number of thiophene rings is 1. The molecule has 2 aromatic heterocycles. The lowest BCUT2D eigenvalue weighted by Gasteiger charge is -2.17. The Morgan fingerprint density at radius 1 is 1.33 bits per heavy atom. The van der Waals surface area contributed by atoms with E-state index in [0.29, 0.717) is 17.3 Å². The summed E-state index contributed by atoms with van der Waals surface area (Å²) in [4.78, 5) is 0. The van der Waals surface area contributed by atoms with Gasteiger partial charge in [-0.25, -0.2) is 8.42 Å². The number of aryl methyl sites for hydroxylation is 2. The minimum Gasteiger partial charge on any atom is -0.382 e. The van der Waals surface area contributed by atoms with Gasteiger partial charge in [-0.3, -0.25) is 0 Å². The van der Waals surface area contributed by atoms with Crippen LogP contribution in [0.15, 0.2) is 27.8 Å². The Morgan fingerprint density at radius 3 is 2.76 bits per heavy atom.